The van der Waals surface area contributed by atoms with Gasteiger partial charge in [-0.2, -0.15) is 0 Å². The molecule has 0 bridgehead atoms. The number of hydrogen-bond acceptors (Lipinski definition) is 4. The molecule has 1 amide bonds. The van der Waals surface area contributed by atoms with Gasteiger partial charge in [0, 0.05) is 24.2 Å². The van der Waals surface area contributed by atoms with Crippen molar-refractivity contribution in [1.82, 2.24) is 4.57 Å². The van der Waals surface area contributed by atoms with Gasteiger partial charge in [-0.3, -0.25) is 9.59 Å². The lowest BCUT2D eigenvalue weighted by atomic mass is 10.1. The largest absolute Gasteiger partial charge is 0.485 e. The summed E-state index contributed by atoms with van der Waals surface area (Å²) in [4.78, 5) is 25.9. The second kappa shape index (κ2) is 14.8. The Morgan fingerprint density at radius 1 is 1.00 bits per heavy atom. The highest BCUT2D eigenvalue weighted by molar-refractivity contribution is 6.03. The minimum atomic E-state index is -0.273. The Labute approximate surface area is 231 Å². The summed E-state index contributed by atoms with van der Waals surface area (Å²) in [6, 6.07) is 15.1. The van der Waals surface area contributed by atoms with Crippen molar-refractivity contribution in [3.05, 3.63) is 93.8 Å². The summed E-state index contributed by atoms with van der Waals surface area (Å²) in [5, 5.41) is 3.63. The van der Waals surface area contributed by atoms with Crippen LogP contribution in [0.25, 0.3) is 17.0 Å². The number of fused-ring (bicyclic) bond motifs is 1. The molecule has 39 heavy (non-hydrogen) atoms. The third-order valence-electron chi connectivity index (χ3n) is 6.30. The average Bonchev–Trinajstić information content (AvgIpc) is 2.92. The zero-order chi connectivity index (χ0) is 28.2. The average molecular weight is 529 g/mol. The van der Waals surface area contributed by atoms with Crippen molar-refractivity contribution in [3.8, 4) is 11.5 Å². The molecular formula is C33H40N2O4. The van der Waals surface area contributed by atoms with Gasteiger partial charge < -0.3 is 19.4 Å². The van der Waals surface area contributed by atoms with Crippen LogP contribution in [-0.2, 0) is 11.8 Å². The Kier molecular flexibility index (Phi) is 11.2. The fourth-order valence-electron chi connectivity index (χ4n) is 4.03. The number of nitrogens with zero attached hydrogens (tertiary/aromatic N) is 1. The smallest absolute Gasteiger partial charge is 0.297 e. The van der Waals surface area contributed by atoms with Gasteiger partial charge in [-0.15, -0.1) is 0 Å². The van der Waals surface area contributed by atoms with Crippen LogP contribution in [-0.4, -0.2) is 23.7 Å². The van der Waals surface area contributed by atoms with E-state index in [1.165, 1.54) is 17.2 Å². The molecule has 0 atom stereocenters. The summed E-state index contributed by atoms with van der Waals surface area (Å²) in [5.74, 6) is 0.393. The predicted molar refractivity (Wildman–Crippen MR) is 162 cm³/mol. The maximum atomic E-state index is 13.3. The van der Waals surface area contributed by atoms with Crippen LogP contribution in [0, 0.1) is 0 Å². The molecule has 3 aromatic rings. The first-order valence-electron chi connectivity index (χ1n) is 13.6. The number of aryl methyl sites for hydroxylation is 1. The van der Waals surface area contributed by atoms with Gasteiger partial charge in [-0.25, -0.2) is 0 Å². The van der Waals surface area contributed by atoms with Crippen molar-refractivity contribution in [1.29, 1.82) is 0 Å². The number of anilines is 1. The molecular weight excluding hydrogens is 488 g/mol. The van der Waals surface area contributed by atoms with E-state index in [0.29, 0.717) is 30.2 Å². The number of amides is 1. The van der Waals surface area contributed by atoms with Crippen LogP contribution >= 0.6 is 0 Å². The Bertz CT molecular complexity index is 1410. The van der Waals surface area contributed by atoms with E-state index in [0.717, 1.165) is 36.6 Å². The first-order valence-corrected chi connectivity index (χ1v) is 13.6. The zero-order valence-electron chi connectivity index (χ0n) is 23.8. The van der Waals surface area contributed by atoms with E-state index < -0.39 is 0 Å². The molecule has 0 aliphatic rings. The number of pyridine rings is 1. The standard InChI is InChI=1S/C33H40N2O4/c1-6-7-21-38-32-31(39-22-20-25(4)13-11-12-24(2)3)28-18-17-27(23-29(28)35(5)33(32)37)34-30(36)19-16-26-14-9-8-10-15-26/h8-10,12,14-20,23H,6-7,11,13,21-22H2,1-5H3,(H,34,36)/b19-16?,25-20+. The Balaban J connectivity index is 1.88. The van der Waals surface area contributed by atoms with E-state index in [1.807, 2.05) is 48.5 Å². The first-order chi connectivity index (χ1) is 18.8. The topological polar surface area (TPSA) is 69.6 Å². The molecule has 0 aliphatic heterocycles. The number of nitrogens with one attached hydrogen (secondary N) is 1. The van der Waals surface area contributed by atoms with Gasteiger partial charge in [-0.1, -0.05) is 60.9 Å². The molecule has 3 rings (SSSR count). The second-order valence-electron chi connectivity index (χ2n) is 9.87. The third-order valence-corrected chi connectivity index (χ3v) is 6.30. The van der Waals surface area contributed by atoms with Gasteiger partial charge in [0.2, 0.25) is 11.7 Å². The number of aromatic nitrogens is 1. The molecule has 0 radical (unpaired) electrons. The molecule has 1 aromatic heterocycles. The fourth-order valence-corrected chi connectivity index (χ4v) is 4.03. The van der Waals surface area contributed by atoms with Gasteiger partial charge in [0.05, 0.1) is 12.1 Å². The number of allylic oxidation sites excluding steroid dienone is 3. The van der Waals surface area contributed by atoms with Crippen LogP contribution in [0.4, 0.5) is 5.69 Å². The minimum Gasteiger partial charge on any atom is -0.485 e. The highest BCUT2D eigenvalue weighted by Gasteiger charge is 2.19. The van der Waals surface area contributed by atoms with Crippen LogP contribution < -0.4 is 20.3 Å². The number of carbonyl (C=O) groups is 1. The molecule has 2 aromatic carbocycles. The fraction of sp³-hybridized carbons (Fsp3) is 0.333. The Morgan fingerprint density at radius 3 is 2.49 bits per heavy atom. The second-order valence-corrected chi connectivity index (χ2v) is 9.87. The van der Waals surface area contributed by atoms with Crippen LogP contribution in [0.1, 0.15) is 58.9 Å². The van der Waals surface area contributed by atoms with E-state index in [-0.39, 0.29) is 17.2 Å². The van der Waals surface area contributed by atoms with Crippen molar-refractivity contribution in [2.45, 2.75) is 53.4 Å². The van der Waals surface area contributed by atoms with Gasteiger partial charge >= 0.3 is 0 Å². The number of rotatable bonds is 13. The summed E-state index contributed by atoms with van der Waals surface area (Å²) >= 11 is 0. The first kappa shape index (κ1) is 29.5. The van der Waals surface area contributed by atoms with Crippen LogP contribution in [0.3, 0.4) is 0 Å². The molecule has 6 heteroatoms. The van der Waals surface area contributed by atoms with Gasteiger partial charge in [0.15, 0.2) is 5.75 Å². The molecule has 0 unspecified atom stereocenters. The summed E-state index contributed by atoms with van der Waals surface area (Å²) in [7, 11) is 1.70. The van der Waals surface area contributed by atoms with Crippen molar-refractivity contribution in [3.63, 3.8) is 0 Å². The van der Waals surface area contributed by atoms with E-state index in [9.17, 15) is 9.59 Å². The summed E-state index contributed by atoms with van der Waals surface area (Å²) in [6.07, 6.45) is 11.3. The van der Waals surface area contributed by atoms with Crippen molar-refractivity contribution >= 4 is 28.6 Å². The van der Waals surface area contributed by atoms with Crippen LogP contribution in [0.2, 0.25) is 0 Å². The summed E-state index contributed by atoms with van der Waals surface area (Å²) < 4.78 is 13.7. The molecule has 6 nitrogen and oxygen atoms in total. The summed E-state index contributed by atoms with van der Waals surface area (Å²) in [6.45, 7) is 9.13. The number of hydrogen-bond donors (Lipinski definition) is 1. The van der Waals surface area contributed by atoms with Gasteiger partial charge in [-0.05, 0) is 75.9 Å². The third kappa shape index (κ3) is 8.74. The zero-order valence-corrected chi connectivity index (χ0v) is 23.8. The van der Waals surface area contributed by atoms with E-state index in [1.54, 1.807) is 23.8 Å². The number of benzene rings is 2. The lowest BCUT2D eigenvalue weighted by molar-refractivity contribution is -0.111. The number of ether oxygens (including phenoxy) is 2. The monoisotopic (exact) mass is 528 g/mol. The number of carbonyl (C=O) groups excluding carboxylic acids is 1. The Hall–Kier alpha value is -4.06. The van der Waals surface area contributed by atoms with Gasteiger partial charge in [0.25, 0.3) is 5.56 Å². The van der Waals surface area contributed by atoms with E-state index >= 15 is 0 Å². The molecule has 1 heterocycles. The molecule has 0 fully saturated rings. The van der Waals surface area contributed by atoms with Crippen molar-refractivity contribution in [2.24, 2.45) is 7.05 Å². The van der Waals surface area contributed by atoms with Crippen molar-refractivity contribution < 1.29 is 14.3 Å². The molecule has 0 saturated heterocycles. The molecule has 1 N–H and O–H groups in total. The van der Waals surface area contributed by atoms with Crippen LogP contribution in [0.15, 0.2) is 82.7 Å². The highest BCUT2D eigenvalue weighted by Crippen LogP contribution is 2.34. The van der Waals surface area contributed by atoms with Crippen molar-refractivity contribution in [2.75, 3.05) is 18.5 Å². The number of unbranched alkanes of at least 4 members (excludes halogenated alkanes) is 1. The quantitative estimate of drug-likeness (QED) is 0.142. The minimum absolute atomic E-state index is 0.219. The Morgan fingerprint density at radius 2 is 1.77 bits per heavy atom. The molecule has 0 aliphatic carbocycles. The maximum Gasteiger partial charge on any atom is 0.297 e. The SMILES string of the molecule is CCCCOc1c(OC/C=C(\C)CCC=C(C)C)c2ccc(NC(=O)C=Cc3ccccc3)cc2n(C)c1=O. The predicted octanol–water partition coefficient (Wildman–Crippen LogP) is 7.44. The summed E-state index contributed by atoms with van der Waals surface area (Å²) in [5.41, 5.74) is 4.43. The lowest BCUT2D eigenvalue weighted by Gasteiger charge is -2.17. The molecule has 206 valence electrons. The van der Waals surface area contributed by atoms with E-state index in [2.05, 4.69) is 39.1 Å². The lowest BCUT2D eigenvalue weighted by Crippen LogP contribution is -2.22. The van der Waals surface area contributed by atoms with Crippen LogP contribution in [0.5, 0.6) is 11.5 Å². The highest BCUT2D eigenvalue weighted by atomic mass is 16.5. The molecule has 0 spiro atoms. The maximum absolute atomic E-state index is 13.3. The van der Waals surface area contributed by atoms with E-state index in [4.69, 9.17) is 9.47 Å². The normalized spacial score (nSPS) is 11.6. The molecule has 0 saturated carbocycles. The van der Waals surface area contributed by atoms with Gasteiger partial charge in [0.1, 0.15) is 6.61 Å².